The number of nitrogens with zero attached hydrogens (tertiary/aromatic N) is 3. The molecule has 0 saturated carbocycles. The van der Waals surface area contributed by atoms with E-state index < -0.39 is 0 Å². The van der Waals surface area contributed by atoms with Gasteiger partial charge in [0.2, 0.25) is 5.28 Å². The number of hydrogen-bond donors (Lipinski definition) is 1. The van der Waals surface area contributed by atoms with Crippen LogP contribution in [0.25, 0.3) is 10.9 Å². The average Bonchev–Trinajstić information content (AvgIpc) is 2.52. The second-order valence-electron chi connectivity index (χ2n) is 4.52. The Morgan fingerprint density at radius 2 is 1.95 bits per heavy atom. The van der Waals surface area contributed by atoms with Gasteiger partial charge in [0.05, 0.1) is 17.1 Å². The van der Waals surface area contributed by atoms with Gasteiger partial charge in [-0.05, 0) is 41.4 Å². The van der Waals surface area contributed by atoms with Crippen molar-refractivity contribution in [2.45, 2.75) is 6.54 Å². The Morgan fingerprint density at radius 3 is 2.81 bits per heavy atom. The summed E-state index contributed by atoms with van der Waals surface area (Å²) in [6.45, 7) is 0.562. The van der Waals surface area contributed by atoms with Crippen LogP contribution in [0.4, 0.5) is 5.82 Å². The van der Waals surface area contributed by atoms with Gasteiger partial charge in [0.25, 0.3) is 0 Å². The first kappa shape index (κ1) is 13.3. The monoisotopic (exact) mass is 294 g/mol. The minimum Gasteiger partial charge on any atom is -0.365 e. The molecule has 0 aliphatic carbocycles. The molecule has 102 valence electrons. The predicted molar refractivity (Wildman–Crippen MR) is 83.0 cm³/mol. The molecule has 1 heterocycles. The first-order valence-electron chi connectivity index (χ1n) is 6.41. The molecule has 0 atom stereocenters. The van der Waals surface area contributed by atoms with Crippen molar-refractivity contribution in [2.24, 2.45) is 0 Å². The number of nitriles is 1. The van der Waals surface area contributed by atoms with Crippen LogP contribution < -0.4 is 5.32 Å². The second-order valence-corrected chi connectivity index (χ2v) is 4.86. The van der Waals surface area contributed by atoms with Crippen LogP contribution in [0, 0.1) is 11.3 Å². The van der Waals surface area contributed by atoms with Crippen molar-refractivity contribution < 1.29 is 0 Å². The molecule has 3 rings (SSSR count). The first-order valence-corrected chi connectivity index (χ1v) is 6.79. The molecule has 0 unspecified atom stereocenters. The second kappa shape index (κ2) is 5.78. The van der Waals surface area contributed by atoms with Gasteiger partial charge in [0.1, 0.15) is 5.82 Å². The molecule has 0 radical (unpaired) electrons. The van der Waals surface area contributed by atoms with Crippen LogP contribution in [0.3, 0.4) is 0 Å². The molecular formula is C16H11ClN4. The van der Waals surface area contributed by atoms with Crippen LogP contribution in [0.1, 0.15) is 11.1 Å². The van der Waals surface area contributed by atoms with Gasteiger partial charge in [-0.1, -0.05) is 24.3 Å². The van der Waals surface area contributed by atoms with E-state index in [1.54, 1.807) is 6.07 Å². The summed E-state index contributed by atoms with van der Waals surface area (Å²) in [5.74, 6) is 0.688. The maximum Gasteiger partial charge on any atom is 0.224 e. The SMILES string of the molecule is N#Cc1cccc(CNc2nc(Cl)nc3ccccc23)c1. The summed E-state index contributed by atoms with van der Waals surface area (Å²) in [6, 6.07) is 17.2. The Labute approximate surface area is 127 Å². The van der Waals surface area contributed by atoms with Gasteiger partial charge in [-0.25, -0.2) is 9.97 Å². The van der Waals surface area contributed by atoms with Gasteiger partial charge in [0.15, 0.2) is 0 Å². The molecule has 5 heteroatoms. The van der Waals surface area contributed by atoms with E-state index in [1.165, 1.54) is 0 Å². The van der Waals surface area contributed by atoms with Gasteiger partial charge >= 0.3 is 0 Å². The average molecular weight is 295 g/mol. The third-order valence-corrected chi connectivity index (χ3v) is 3.26. The lowest BCUT2D eigenvalue weighted by Crippen LogP contribution is -2.03. The van der Waals surface area contributed by atoms with E-state index in [-0.39, 0.29) is 5.28 Å². The van der Waals surface area contributed by atoms with Gasteiger partial charge in [-0.3, -0.25) is 0 Å². The summed E-state index contributed by atoms with van der Waals surface area (Å²) in [5.41, 5.74) is 2.44. The fraction of sp³-hybridized carbons (Fsp3) is 0.0625. The zero-order valence-corrected chi connectivity index (χ0v) is 11.8. The summed E-state index contributed by atoms with van der Waals surface area (Å²) in [6.07, 6.45) is 0. The molecular weight excluding hydrogens is 284 g/mol. The number of nitrogens with one attached hydrogen (secondary N) is 1. The van der Waals surface area contributed by atoms with E-state index in [9.17, 15) is 0 Å². The lowest BCUT2D eigenvalue weighted by atomic mass is 10.1. The molecule has 1 N–H and O–H groups in total. The van der Waals surface area contributed by atoms with Crippen molar-refractivity contribution in [3.05, 3.63) is 64.9 Å². The van der Waals surface area contributed by atoms with E-state index in [1.807, 2.05) is 42.5 Å². The topological polar surface area (TPSA) is 61.6 Å². The summed E-state index contributed by atoms with van der Waals surface area (Å²) in [4.78, 5) is 8.43. The van der Waals surface area contributed by atoms with Gasteiger partial charge in [-0.2, -0.15) is 5.26 Å². The smallest absolute Gasteiger partial charge is 0.224 e. The Balaban J connectivity index is 1.90. The molecule has 3 aromatic rings. The Morgan fingerprint density at radius 1 is 1.10 bits per heavy atom. The van der Waals surface area contributed by atoms with E-state index >= 15 is 0 Å². The fourth-order valence-electron chi connectivity index (χ4n) is 2.12. The molecule has 2 aromatic carbocycles. The highest BCUT2D eigenvalue weighted by Crippen LogP contribution is 2.22. The molecule has 1 aromatic heterocycles. The summed E-state index contributed by atoms with van der Waals surface area (Å²) in [7, 11) is 0. The number of anilines is 1. The molecule has 0 amide bonds. The van der Waals surface area contributed by atoms with E-state index in [4.69, 9.17) is 16.9 Å². The Hall–Kier alpha value is -2.64. The van der Waals surface area contributed by atoms with Crippen molar-refractivity contribution in [1.82, 2.24) is 9.97 Å². The van der Waals surface area contributed by atoms with Gasteiger partial charge in [0, 0.05) is 11.9 Å². The van der Waals surface area contributed by atoms with Crippen molar-refractivity contribution in [3.63, 3.8) is 0 Å². The molecule has 21 heavy (non-hydrogen) atoms. The minimum absolute atomic E-state index is 0.210. The predicted octanol–water partition coefficient (Wildman–Crippen LogP) is 3.77. The molecule has 0 aliphatic heterocycles. The van der Waals surface area contributed by atoms with Crippen LogP contribution in [0.2, 0.25) is 5.28 Å². The molecule has 0 fully saturated rings. The van der Waals surface area contributed by atoms with Crippen LogP contribution in [0.15, 0.2) is 48.5 Å². The normalized spacial score (nSPS) is 10.3. The van der Waals surface area contributed by atoms with Crippen molar-refractivity contribution in [3.8, 4) is 6.07 Å². The number of rotatable bonds is 3. The number of hydrogen-bond acceptors (Lipinski definition) is 4. The largest absolute Gasteiger partial charge is 0.365 e. The van der Waals surface area contributed by atoms with E-state index in [2.05, 4.69) is 21.4 Å². The molecule has 0 spiro atoms. The van der Waals surface area contributed by atoms with Gasteiger partial charge < -0.3 is 5.32 Å². The zero-order chi connectivity index (χ0) is 14.7. The summed E-state index contributed by atoms with van der Waals surface area (Å²) in [5, 5.41) is 13.3. The lowest BCUT2D eigenvalue weighted by molar-refractivity contribution is 1.10. The molecule has 0 aliphatic rings. The molecule has 0 saturated heterocycles. The lowest BCUT2D eigenvalue weighted by Gasteiger charge is -2.09. The third-order valence-electron chi connectivity index (χ3n) is 3.09. The van der Waals surface area contributed by atoms with Crippen LogP contribution in [-0.4, -0.2) is 9.97 Å². The van der Waals surface area contributed by atoms with E-state index in [0.29, 0.717) is 17.9 Å². The zero-order valence-electron chi connectivity index (χ0n) is 11.0. The van der Waals surface area contributed by atoms with Crippen molar-refractivity contribution in [1.29, 1.82) is 5.26 Å². The first-order chi connectivity index (χ1) is 10.3. The number of para-hydroxylation sites is 1. The Bertz CT molecular complexity index is 839. The maximum atomic E-state index is 8.92. The highest BCUT2D eigenvalue weighted by atomic mass is 35.5. The standard InChI is InChI=1S/C16H11ClN4/c17-16-20-14-7-2-1-6-13(14)15(21-16)19-10-12-5-3-4-11(8-12)9-18/h1-8H,10H2,(H,19,20,21). The van der Waals surface area contributed by atoms with Crippen molar-refractivity contribution in [2.75, 3.05) is 5.32 Å². The van der Waals surface area contributed by atoms with Crippen LogP contribution >= 0.6 is 11.6 Å². The number of fused-ring (bicyclic) bond motifs is 1. The highest BCUT2D eigenvalue weighted by molar-refractivity contribution is 6.28. The fourth-order valence-corrected chi connectivity index (χ4v) is 2.30. The van der Waals surface area contributed by atoms with E-state index in [0.717, 1.165) is 16.5 Å². The number of benzene rings is 2. The quantitative estimate of drug-likeness (QED) is 0.747. The van der Waals surface area contributed by atoms with Crippen molar-refractivity contribution >= 4 is 28.3 Å². The van der Waals surface area contributed by atoms with Crippen LogP contribution in [-0.2, 0) is 6.54 Å². The Kier molecular flexibility index (Phi) is 3.67. The summed E-state index contributed by atoms with van der Waals surface area (Å²) < 4.78 is 0. The van der Waals surface area contributed by atoms with Crippen LogP contribution in [0.5, 0.6) is 0 Å². The third kappa shape index (κ3) is 2.93. The van der Waals surface area contributed by atoms with Gasteiger partial charge in [-0.15, -0.1) is 0 Å². The minimum atomic E-state index is 0.210. The number of aromatic nitrogens is 2. The molecule has 4 nitrogen and oxygen atoms in total. The highest BCUT2D eigenvalue weighted by Gasteiger charge is 2.06. The molecule has 0 bridgehead atoms. The number of halogens is 1. The summed E-state index contributed by atoms with van der Waals surface area (Å²) >= 11 is 5.95. The maximum absolute atomic E-state index is 8.92.